The third-order valence-electron chi connectivity index (χ3n) is 5.26. The number of amides is 1. The number of methoxy groups -OCH3 is 2. The first-order valence-electron chi connectivity index (χ1n) is 10.2. The van der Waals surface area contributed by atoms with Crippen molar-refractivity contribution in [2.75, 3.05) is 27.4 Å². The Morgan fingerprint density at radius 1 is 1.03 bits per heavy atom. The maximum Gasteiger partial charge on any atom is 0.254 e. The lowest BCUT2D eigenvalue weighted by molar-refractivity contribution is 0.0719. The van der Waals surface area contributed by atoms with Gasteiger partial charge in [0.2, 0.25) is 0 Å². The first-order valence-corrected chi connectivity index (χ1v) is 10.2. The third kappa shape index (κ3) is 5.51. The van der Waals surface area contributed by atoms with Crippen LogP contribution >= 0.6 is 0 Å². The van der Waals surface area contributed by atoms with Gasteiger partial charge in [-0.2, -0.15) is 0 Å². The van der Waals surface area contributed by atoms with Gasteiger partial charge in [-0.3, -0.25) is 4.79 Å². The minimum atomic E-state index is -0.00588. The molecule has 0 saturated carbocycles. The third-order valence-corrected chi connectivity index (χ3v) is 5.26. The van der Waals surface area contributed by atoms with E-state index in [0.717, 1.165) is 18.7 Å². The van der Waals surface area contributed by atoms with Gasteiger partial charge in [-0.15, -0.1) is 0 Å². The fourth-order valence-electron chi connectivity index (χ4n) is 3.50. The van der Waals surface area contributed by atoms with E-state index in [1.165, 1.54) is 11.1 Å². The van der Waals surface area contributed by atoms with Crippen LogP contribution in [0.1, 0.15) is 33.6 Å². The highest BCUT2D eigenvalue weighted by atomic mass is 16.5. The summed E-state index contributed by atoms with van der Waals surface area (Å²) in [6.45, 7) is 4.69. The number of hydrogen-bond donors (Lipinski definition) is 0. The molecule has 158 valence electrons. The molecule has 0 saturated heterocycles. The molecular weight excluding hydrogens is 376 g/mol. The van der Waals surface area contributed by atoms with E-state index in [1.54, 1.807) is 20.3 Å². The second-order valence-corrected chi connectivity index (χ2v) is 7.36. The quantitative estimate of drug-likeness (QED) is 0.465. The van der Waals surface area contributed by atoms with Crippen molar-refractivity contribution in [1.29, 1.82) is 0 Å². The van der Waals surface area contributed by atoms with E-state index in [2.05, 4.69) is 48.0 Å². The molecule has 2 aromatic carbocycles. The first-order chi connectivity index (χ1) is 14.6. The molecule has 0 spiro atoms. The Balaban J connectivity index is 1.81. The largest absolute Gasteiger partial charge is 0.497 e. The van der Waals surface area contributed by atoms with Gasteiger partial charge in [0.15, 0.2) is 0 Å². The SMILES string of the molecule is COCCCN(Cc1cccn1Cc1ccccc1C)C(=O)c1cccc(OC)c1. The second kappa shape index (κ2) is 10.6. The predicted octanol–water partition coefficient (Wildman–Crippen LogP) is 4.53. The summed E-state index contributed by atoms with van der Waals surface area (Å²) >= 11 is 0. The first kappa shape index (κ1) is 21.7. The van der Waals surface area contributed by atoms with Crippen molar-refractivity contribution in [3.05, 3.63) is 89.2 Å². The summed E-state index contributed by atoms with van der Waals surface area (Å²) in [6.07, 6.45) is 2.86. The van der Waals surface area contributed by atoms with Crippen molar-refractivity contribution in [3.8, 4) is 5.75 Å². The van der Waals surface area contributed by atoms with Gasteiger partial charge in [-0.05, 0) is 54.8 Å². The highest BCUT2D eigenvalue weighted by Crippen LogP contribution is 2.18. The zero-order chi connectivity index (χ0) is 21.3. The Hall–Kier alpha value is -3.05. The van der Waals surface area contributed by atoms with Crippen LogP contribution in [-0.2, 0) is 17.8 Å². The summed E-state index contributed by atoms with van der Waals surface area (Å²) in [5.74, 6) is 0.675. The van der Waals surface area contributed by atoms with Gasteiger partial charge in [0.1, 0.15) is 5.75 Å². The van der Waals surface area contributed by atoms with Crippen LogP contribution in [0.15, 0.2) is 66.9 Å². The predicted molar refractivity (Wildman–Crippen MR) is 119 cm³/mol. The number of aryl methyl sites for hydroxylation is 1. The van der Waals surface area contributed by atoms with Crippen molar-refractivity contribution in [3.63, 3.8) is 0 Å². The zero-order valence-electron chi connectivity index (χ0n) is 18.0. The lowest BCUT2D eigenvalue weighted by Crippen LogP contribution is -2.33. The molecule has 0 atom stereocenters. The van der Waals surface area contributed by atoms with E-state index >= 15 is 0 Å². The van der Waals surface area contributed by atoms with Crippen molar-refractivity contribution in [2.24, 2.45) is 0 Å². The number of ether oxygens (including phenoxy) is 2. The Kier molecular flexibility index (Phi) is 7.69. The summed E-state index contributed by atoms with van der Waals surface area (Å²) in [7, 11) is 3.29. The standard InChI is InChI=1S/C25H30N2O3/c1-20-9-4-5-10-22(20)18-26-14-7-12-23(26)19-27(15-8-16-29-2)25(28)21-11-6-13-24(17-21)30-3/h4-7,9-14,17H,8,15-16,18-19H2,1-3H3. The summed E-state index contributed by atoms with van der Waals surface area (Å²) < 4.78 is 12.7. The van der Waals surface area contributed by atoms with E-state index in [0.29, 0.717) is 31.0 Å². The van der Waals surface area contributed by atoms with Crippen LogP contribution in [0, 0.1) is 6.92 Å². The van der Waals surface area contributed by atoms with Crippen LogP contribution in [0.2, 0.25) is 0 Å². The van der Waals surface area contributed by atoms with Gasteiger partial charge in [0.05, 0.1) is 13.7 Å². The number of carbonyl (C=O) groups excluding carboxylic acids is 1. The van der Waals surface area contributed by atoms with Crippen LogP contribution in [-0.4, -0.2) is 42.7 Å². The molecule has 0 radical (unpaired) electrons. The molecule has 0 aliphatic rings. The van der Waals surface area contributed by atoms with E-state index in [9.17, 15) is 4.79 Å². The average Bonchev–Trinajstić information content (AvgIpc) is 3.21. The monoisotopic (exact) mass is 406 g/mol. The smallest absolute Gasteiger partial charge is 0.254 e. The molecule has 1 heterocycles. The van der Waals surface area contributed by atoms with Gasteiger partial charge in [-0.1, -0.05) is 30.3 Å². The molecule has 5 heteroatoms. The number of carbonyl (C=O) groups is 1. The van der Waals surface area contributed by atoms with Crippen LogP contribution in [0.3, 0.4) is 0 Å². The Morgan fingerprint density at radius 3 is 2.63 bits per heavy atom. The van der Waals surface area contributed by atoms with Crippen molar-refractivity contribution in [1.82, 2.24) is 9.47 Å². The van der Waals surface area contributed by atoms with Crippen molar-refractivity contribution >= 4 is 5.91 Å². The molecule has 3 rings (SSSR count). The lowest BCUT2D eigenvalue weighted by atomic mass is 10.1. The Morgan fingerprint density at radius 2 is 1.87 bits per heavy atom. The molecule has 0 aliphatic carbocycles. The van der Waals surface area contributed by atoms with Crippen LogP contribution < -0.4 is 4.74 Å². The summed E-state index contributed by atoms with van der Waals surface area (Å²) in [4.78, 5) is 15.2. The van der Waals surface area contributed by atoms with Gasteiger partial charge < -0.3 is 18.9 Å². The topological polar surface area (TPSA) is 43.7 Å². The summed E-state index contributed by atoms with van der Waals surface area (Å²) in [5, 5.41) is 0. The molecule has 1 amide bonds. The zero-order valence-corrected chi connectivity index (χ0v) is 18.0. The van der Waals surface area contributed by atoms with Crippen LogP contribution in [0.5, 0.6) is 5.75 Å². The van der Waals surface area contributed by atoms with E-state index in [4.69, 9.17) is 9.47 Å². The molecule has 5 nitrogen and oxygen atoms in total. The highest BCUT2D eigenvalue weighted by molar-refractivity contribution is 5.94. The van der Waals surface area contributed by atoms with Crippen LogP contribution in [0.4, 0.5) is 0 Å². The molecule has 30 heavy (non-hydrogen) atoms. The minimum Gasteiger partial charge on any atom is -0.497 e. The van der Waals surface area contributed by atoms with Crippen molar-refractivity contribution < 1.29 is 14.3 Å². The molecule has 1 aromatic heterocycles. The normalized spacial score (nSPS) is 10.8. The fourth-order valence-corrected chi connectivity index (χ4v) is 3.50. The number of nitrogens with zero attached hydrogens (tertiary/aromatic N) is 2. The van der Waals surface area contributed by atoms with E-state index < -0.39 is 0 Å². The second-order valence-electron chi connectivity index (χ2n) is 7.36. The molecule has 0 N–H and O–H groups in total. The molecule has 0 fully saturated rings. The molecular formula is C25H30N2O3. The molecule has 0 bridgehead atoms. The maximum absolute atomic E-state index is 13.3. The summed E-state index contributed by atoms with van der Waals surface area (Å²) in [6, 6.07) is 19.8. The lowest BCUT2D eigenvalue weighted by Gasteiger charge is -2.24. The molecule has 3 aromatic rings. The molecule has 0 unspecified atom stereocenters. The van der Waals surface area contributed by atoms with Crippen LogP contribution in [0.25, 0.3) is 0 Å². The van der Waals surface area contributed by atoms with E-state index in [1.807, 2.05) is 29.2 Å². The minimum absolute atomic E-state index is 0.00588. The fraction of sp³-hybridized carbons (Fsp3) is 0.320. The Bertz CT molecular complexity index is 964. The average molecular weight is 407 g/mol. The van der Waals surface area contributed by atoms with Gasteiger partial charge in [-0.25, -0.2) is 0 Å². The highest BCUT2D eigenvalue weighted by Gasteiger charge is 2.18. The maximum atomic E-state index is 13.3. The number of hydrogen-bond acceptors (Lipinski definition) is 3. The van der Waals surface area contributed by atoms with E-state index in [-0.39, 0.29) is 5.91 Å². The number of rotatable bonds is 10. The number of benzene rings is 2. The van der Waals surface area contributed by atoms with Gasteiger partial charge in [0, 0.05) is 44.3 Å². The summed E-state index contributed by atoms with van der Waals surface area (Å²) in [5.41, 5.74) is 4.28. The molecule has 0 aliphatic heterocycles. The van der Waals surface area contributed by atoms with Gasteiger partial charge >= 0.3 is 0 Å². The van der Waals surface area contributed by atoms with Crippen molar-refractivity contribution in [2.45, 2.75) is 26.4 Å². The Labute approximate surface area is 178 Å². The number of aromatic nitrogens is 1. The van der Waals surface area contributed by atoms with Gasteiger partial charge in [0.25, 0.3) is 5.91 Å².